The van der Waals surface area contributed by atoms with Gasteiger partial charge in [-0.3, -0.25) is 0 Å². The van der Waals surface area contributed by atoms with Crippen LogP contribution in [0.4, 0.5) is 0 Å². The van der Waals surface area contributed by atoms with E-state index >= 15 is 0 Å². The Morgan fingerprint density at radius 1 is 1.48 bits per heavy atom. The number of halogens is 1. The van der Waals surface area contributed by atoms with Crippen molar-refractivity contribution < 1.29 is 22.7 Å². The third-order valence-corrected chi connectivity index (χ3v) is 4.43. The Balaban J connectivity index is 2.09. The Labute approximate surface area is 128 Å². The van der Waals surface area contributed by atoms with Crippen LogP contribution in [0.25, 0.3) is 0 Å². The Bertz CT molecular complexity index is 639. The number of aryl methyl sites for hydroxylation is 1. The molecule has 1 aliphatic heterocycles. The van der Waals surface area contributed by atoms with Gasteiger partial charge in [0.05, 0.1) is 11.5 Å². The fraction of sp³-hybridized carbons (Fsp3) is 0.500. The smallest absolute Gasteiger partial charge is 0.347 e. The number of carbonyl (C=O) groups excluding carboxylic acids is 1. The zero-order chi connectivity index (χ0) is 15.6. The van der Waals surface area contributed by atoms with Gasteiger partial charge in [0.15, 0.2) is 6.10 Å². The number of esters is 1. The van der Waals surface area contributed by atoms with Crippen molar-refractivity contribution in [2.24, 2.45) is 5.92 Å². The Kier molecular flexibility index (Phi) is 4.78. The summed E-state index contributed by atoms with van der Waals surface area (Å²) in [6.45, 7) is 4.27. The summed E-state index contributed by atoms with van der Waals surface area (Å²) < 4.78 is 33.3. The molecule has 21 heavy (non-hydrogen) atoms. The summed E-state index contributed by atoms with van der Waals surface area (Å²) in [7, 11) is 1.55. The average molecular weight is 333 g/mol. The van der Waals surface area contributed by atoms with Crippen LogP contribution in [0.15, 0.2) is 23.1 Å². The van der Waals surface area contributed by atoms with E-state index in [1.54, 1.807) is 0 Å². The first kappa shape index (κ1) is 16.1. The topological polar surface area (TPSA) is 69.7 Å². The van der Waals surface area contributed by atoms with E-state index in [4.69, 9.17) is 20.2 Å². The van der Waals surface area contributed by atoms with E-state index in [0.29, 0.717) is 25.2 Å². The monoisotopic (exact) mass is 332 g/mol. The average Bonchev–Trinajstić information content (AvgIpc) is 2.42. The van der Waals surface area contributed by atoms with E-state index < -0.39 is 15.2 Å². The second-order valence-corrected chi connectivity index (χ2v) is 7.94. The second kappa shape index (κ2) is 6.23. The lowest BCUT2D eigenvalue weighted by atomic mass is 10.0. The van der Waals surface area contributed by atoms with Crippen LogP contribution in [0.2, 0.25) is 0 Å². The first-order valence-electron chi connectivity index (χ1n) is 6.68. The molecular formula is C14H17ClO5S. The van der Waals surface area contributed by atoms with Gasteiger partial charge in [-0.1, -0.05) is 13.8 Å². The predicted octanol–water partition coefficient (Wildman–Crippen LogP) is 2.51. The van der Waals surface area contributed by atoms with E-state index in [9.17, 15) is 13.2 Å². The number of carbonyl (C=O) groups is 1. The first-order chi connectivity index (χ1) is 9.77. The third kappa shape index (κ3) is 4.11. The molecule has 0 saturated heterocycles. The van der Waals surface area contributed by atoms with E-state index in [1.807, 2.05) is 13.8 Å². The van der Waals surface area contributed by atoms with Crippen LogP contribution < -0.4 is 4.74 Å². The molecule has 1 aromatic rings. The number of benzene rings is 1. The van der Waals surface area contributed by atoms with Crippen LogP contribution in [0.1, 0.15) is 25.8 Å². The van der Waals surface area contributed by atoms with E-state index in [0.717, 1.165) is 5.56 Å². The molecule has 0 radical (unpaired) electrons. The van der Waals surface area contributed by atoms with Crippen LogP contribution in [0, 0.1) is 5.92 Å². The molecule has 116 valence electrons. The molecule has 1 aromatic carbocycles. The van der Waals surface area contributed by atoms with Crippen molar-refractivity contribution in [3.63, 3.8) is 0 Å². The maximum Gasteiger partial charge on any atom is 0.347 e. The molecule has 7 heteroatoms. The SMILES string of the molecule is CC(C)COC(=O)C1CCc2cc(S(=O)(=O)Cl)ccc2O1. The molecule has 1 unspecified atom stereocenters. The van der Waals surface area contributed by atoms with Crippen LogP contribution in [0.5, 0.6) is 5.75 Å². The fourth-order valence-electron chi connectivity index (χ4n) is 2.02. The van der Waals surface area contributed by atoms with Gasteiger partial charge in [-0.25, -0.2) is 13.2 Å². The molecule has 0 aromatic heterocycles. The molecule has 1 aliphatic rings. The number of ether oxygens (including phenoxy) is 2. The number of rotatable bonds is 4. The summed E-state index contributed by atoms with van der Waals surface area (Å²) in [5.74, 6) is 0.376. The Morgan fingerprint density at radius 2 is 2.19 bits per heavy atom. The van der Waals surface area contributed by atoms with Crippen molar-refractivity contribution in [1.29, 1.82) is 0 Å². The Morgan fingerprint density at radius 3 is 2.81 bits per heavy atom. The molecule has 1 heterocycles. The lowest BCUT2D eigenvalue weighted by Crippen LogP contribution is -2.33. The molecular weight excluding hydrogens is 316 g/mol. The van der Waals surface area contributed by atoms with Gasteiger partial charge < -0.3 is 9.47 Å². The van der Waals surface area contributed by atoms with Crippen LogP contribution in [0.3, 0.4) is 0 Å². The summed E-state index contributed by atoms with van der Waals surface area (Å²) in [6.07, 6.45) is 0.349. The molecule has 0 aliphatic carbocycles. The normalized spacial score (nSPS) is 18.0. The zero-order valence-electron chi connectivity index (χ0n) is 11.8. The van der Waals surface area contributed by atoms with Crippen molar-refractivity contribution in [1.82, 2.24) is 0 Å². The van der Waals surface area contributed by atoms with Crippen LogP contribution in [-0.4, -0.2) is 27.1 Å². The lowest BCUT2D eigenvalue weighted by molar-refractivity contribution is -0.153. The summed E-state index contributed by atoms with van der Waals surface area (Å²) >= 11 is 0. The molecule has 0 N–H and O–H groups in total. The van der Waals surface area contributed by atoms with E-state index in [1.165, 1.54) is 18.2 Å². The molecule has 0 saturated carbocycles. The van der Waals surface area contributed by atoms with Gasteiger partial charge in [0.2, 0.25) is 0 Å². The summed E-state index contributed by atoms with van der Waals surface area (Å²) in [5.41, 5.74) is 0.727. The van der Waals surface area contributed by atoms with Crippen molar-refractivity contribution >= 4 is 25.7 Å². The van der Waals surface area contributed by atoms with Crippen molar-refractivity contribution in [3.8, 4) is 5.75 Å². The minimum absolute atomic E-state index is 0.0346. The maximum atomic E-state index is 11.9. The predicted molar refractivity (Wildman–Crippen MR) is 78.0 cm³/mol. The minimum Gasteiger partial charge on any atom is -0.478 e. The highest BCUT2D eigenvalue weighted by Gasteiger charge is 2.28. The molecule has 0 spiro atoms. The van der Waals surface area contributed by atoms with Gasteiger partial charge in [-0.15, -0.1) is 0 Å². The molecule has 5 nitrogen and oxygen atoms in total. The standard InChI is InChI=1S/C14H17ClO5S/c1-9(2)8-19-14(16)13-5-3-10-7-11(21(15,17)18)4-6-12(10)20-13/h4,6-7,9,13H,3,5,8H2,1-2H3. The number of hydrogen-bond acceptors (Lipinski definition) is 5. The van der Waals surface area contributed by atoms with E-state index in [2.05, 4.69) is 0 Å². The highest BCUT2D eigenvalue weighted by Crippen LogP contribution is 2.31. The van der Waals surface area contributed by atoms with Gasteiger partial charge in [0.1, 0.15) is 5.75 Å². The number of fused-ring (bicyclic) bond motifs is 1. The summed E-state index contributed by atoms with van der Waals surface area (Å²) in [4.78, 5) is 11.9. The highest BCUT2D eigenvalue weighted by atomic mass is 35.7. The highest BCUT2D eigenvalue weighted by molar-refractivity contribution is 8.13. The molecule has 0 fully saturated rings. The van der Waals surface area contributed by atoms with Crippen molar-refractivity contribution in [3.05, 3.63) is 23.8 Å². The quantitative estimate of drug-likeness (QED) is 0.626. The minimum atomic E-state index is -3.76. The summed E-state index contributed by atoms with van der Waals surface area (Å²) in [6, 6.07) is 4.36. The summed E-state index contributed by atoms with van der Waals surface area (Å²) in [5, 5.41) is 0. The van der Waals surface area contributed by atoms with Gasteiger partial charge in [-0.2, -0.15) is 0 Å². The lowest BCUT2D eigenvalue weighted by Gasteiger charge is -2.25. The molecule has 2 rings (SSSR count). The first-order valence-corrected chi connectivity index (χ1v) is 8.99. The van der Waals surface area contributed by atoms with Gasteiger partial charge >= 0.3 is 5.97 Å². The number of hydrogen-bond donors (Lipinski definition) is 0. The molecule has 1 atom stereocenters. The zero-order valence-corrected chi connectivity index (χ0v) is 13.4. The second-order valence-electron chi connectivity index (χ2n) is 5.38. The largest absolute Gasteiger partial charge is 0.478 e. The van der Waals surface area contributed by atoms with E-state index in [-0.39, 0.29) is 16.8 Å². The third-order valence-electron chi connectivity index (χ3n) is 3.08. The Hall–Kier alpha value is -1.27. The van der Waals surface area contributed by atoms with Crippen LogP contribution >= 0.6 is 10.7 Å². The fourth-order valence-corrected chi connectivity index (χ4v) is 2.83. The van der Waals surface area contributed by atoms with Gasteiger partial charge in [0, 0.05) is 10.7 Å². The van der Waals surface area contributed by atoms with Crippen molar-refractivity contribution in [2.45, 2.75) is 37.7 Å². The van der Waals surface area contributed by atoms with Gasteiger partial charge in [0.25, 0.3) is 9.05 Å². The van der Waals surface area contributed by atoms with Crippen molar-refractivity contribution in [2.75, 3.05) is 6.61 Å². The molecule has 0 amide bonds. The van der Waals surface area contributed by atoms with Crippen LogP contribution in [-0.2, 0) is 25.0 Å². The molecule has 0 bridgehead atoms. The maximum absolute atomic E-state index is 11.9. The van der Waals surface area contributed by atoms with Gasteiger partial charge in [-0.05, 0) is 42.5 Å².